The van der Waals surface area contributed by atoms with Crippen LogP contribution in [0, 0.1) is 5.92 Å². The summed E-state index contributed by atoms with van der Waals surface area (Å²) in [6.07, 6.45) is 4.13. The fourth-order valence-electron chi connectivity index (χ4n) is 4.06. The van der Waals surface area contributed by atoms with Gasteiger partial charge in [0, 0.05) is 5.69 Å². The molecule has 1 aliphatic rings. The first-order valence-electron chi connectivity index (χ1n) is 10.00. The number of ether oxygens (including phenoxy) is 2. The number of para-hydroxylation sites is 2. The second kappa shape index (κ2) is 8.11. The highest BCUT2D eigenvalue weighted by atomic mass is 16.5. The summed E-state index contributed by atoms with van der Waals surface area (Å²) in [6.45, 7) is 2.31. The van der Waals surface area contributed by atoms with Crippen LogP contribution >= 0.6 is 0 Å². The molecular weight excluding hydrogens is 366 g/mol. The standard InChI is InChI=1S/C22H27N5O2/c1-16-12-14-22(15-13-16,23-17-8-10-18(28-2)11-9-17)21-24-25-26-27(21)19-6-4-5-7-20(19)29-3/h4-11,16,23H,12-15H2,1-3H3. The molecule has 0 atom stereocenters. The van der Waals surface area contributed by atoms with Crippen molar-refractivity contribution >= 4 is 5.69 Å². The topological polar surface area (TPSA) is 74.1 Å². The Bertz CT molecular complexity index is 946. The number of nitrogens with zero attached hydrogens (tertiary/aromatic N) is 4. The molecule has 2 aromatic carbocycles. The number of anilines is 1. The fraction of sp³-hybridized carbons (Fsp3) is 0.409. The van der Waals surface area contributed by atoms with E-state index in [2.05, 4.69) is 27.8 Å². The lowest BCUT2D eigenvalue weighted by molar-refractivity contribution is 0.254. The van der Waals surface area contributed by atoms with Crippen LogP contribution < -0.4 is 14.8 Å². The average molecular weight is 393 g/mol. The molecule has 4 rings (SSSR count). The van der Waals surface area contributed by atoms with Gasteiger partial charge in [-0.25, -0.2) is 0 Å². The Morgan fingerprint density at radius 3 is 2.41 bits per heavy atom. The van der Waals surface area contributed by atoms with Crippen LogP contribution in [0.1, 0.15) is 38.4 Å². The van der Waals surface area contributed by atoms with Gasteiger partial charge in [-0.1, -0.05) is 19.1 Å². The number of rotatable bonds is 6. The van der Waals surface area contributed by atoms with E-state index in [4.69, 9.17) is 9.47 Å². The molecule has 152 valence electrons. The third-order valence-electron chi connectivity index (χ3n) is 5.81. The quantitative estimate of drug-likeness (QED) is 0.677. The number of aromatic nitrogens is 4. The molecule has 0 amide bonds. The second-order valence-electron chi connectivity index (χ2n) is 7.70. The zero-order chi connectivity index (χ0) is 20.3. The van der Waals surface area contributed by atoms with Crippen LogP contribution in [0.2, 0.25) is 0 Å². The van der Waals surface area contributed by atoms with Gasteiger partial charge in [-0.2, -0.15) is 4.68 Å². The van der Waals surface area contributed by atoms with E-state index < -0.39 is 0 Å². The van der Waals surface area contributed by atoms with Crippen LogP contribution in [-0.4, -0.2) is 34.4 Å². The lowest BCUT2D eigenvalue weighted by Gasteiger charge is -2.39. The molecule has 7 heteroatoms. The summed E-state index contributed by atoms with van der Waals surface area (Å²) in [6, 6.07) is 15.8. The summed E-state index contributed by atoms with van der Waals surface area (Å²) in [4.78, 5) is 0. The SMILES string of the molecule is COc1ccc(NC2(c3nnnn3-c3ccccc3OC)CCC(C)CC2)cc1. The normalized spacial score (nSPS) is 21.6. The molecule has 1 aliphatic carbocycles. The van der Waals surface area contributed by atoms with Gasteiger partial charge in [-0.15, -0.1) is 5.10 Å². The Hall–Kier alpha value is -3.09. The zero-order valence-corrected chi connectivity index (χ0v) is 17.1. The molecule has 1 fully saturated rings. The maximum Gasteiger partial charge on any atom is 0.182 e. The smallest absolute Gasteiger partial charge is 0.182 e. The Kier molecular flexibility index (Phi) is 5.38. The molecule has 1 N–H and O–H groups in total. The molecule has 0 bridgehead atoms. The van der Waals surface area contributed by atoms with Crippen LogP contribution in [0.5, 0.6) is 11.5 Å². The molecule has 1 aromatic heterocycles. The van der Waals surface area contributed by atoms with Gasteiger partial charge in [0.05, 0.1) is 19.8 Å². The van der Waals surface area contributed by atoms with E-state index in [0.29, 0.717) is 5.92 Å². The highest BCUT2D eigenvalue weighted by molar-refractivity contribution is 5.51. The Morgan fingerprint density at radius 1 is 1.00 bits per heavy atom. The van der Waals surface area contributed by atoms with Crippen molar-refractivity contribution in [3.8, 4) is 17.2 Å². The first-order chi connectivity index (χ1) is 14.1. The van der Waals surface area contributed by atoms with Crippen molar-refractivity contribution in [1.29, 1.82) is 0 Å². The third kappa shape index (κ3) is 3.77. The van der Waals surface area contributed by atoms with Gasteiger partial charge in [-0.3, -0.25) is 0 Å². The first-order valence-corrected chi connectivity index (χ1v) is 10.00. The van der Waals surface area contributed by atoms with E-state index in [1.165, 1.54) is 0 Å². The van der Waals surface area contributed by atoms with Crippen molar-refractivity contribution in [1.82, 2.24) is 20.2 Å². The summed E-state index contributed by atoms with van der Waals surface area (Å²) in [5.41, 5.74) is 1.50. The molecule has 1 saturated carbocycles. The van der Waals surface area contributed by atoms with Gasteiger partial charge in [0.2, 0.25) is 0 Å². The minimum Gasteiger partial charge on any atom is -0.497 e. The molecule has 0 spiro atoms. The monoisotopic (exact) mass is 393 g/mol. The zero-order valence-electron chi connectivity index (χ0n) is 17.1. The first kappa shape index (κ1) is 19.2. The van der Waals surface area contributed by atoms with Crippen molar-refractivity contribution in [2.45, 2.75) is 38.1 Å². The lowest BCUT2D eigenvalue weighted by atomic mass is 9.76. The van der Waals surface area contributed by atoms with Crippen molar-refractivity contribution in [2.24, 2.45) is 5.92 Å². The van der Waals surface area contributed by atoms with E-state index in [1.807, 2.05) is 53.2 Å². The van der Waals surface area contributed by atoms with E-state index in [0.717, 1.165) is 54.4 Å². The van der Waals surface area contributed by atoms with E-state index in [1.54, 1.807) is 14.2 Å². The fourth-order valence-corrected chi connectivity index (χ4v) is 4.06. The maximum atomic E-state index is 5.55. The highest BCUT2D eigenvalue weighted by Crippen LogP contribution is 2.42. The van der Waals surface area contributed by atoms with Gasteiger partial charge in [0.15, 0.2) is 5.82 Å². The minimum absolute atomic E-state index is 0.356. The summed E-state index contributed by atoms with van der Waals surface area (Å²) >= 11 is 0. The van der Waals surface area contributed by atoms with Crippen molar-refractivity contribution in [2.75, 3.05) is 19.5 Å². The van der Waals surface area contributed by atoms with Crippen LogP contribution in [0.4, 0.5) is 5.69 Å². The van der Waals surface area contributed by atoms with E-state index in [9.17, 15) is 0 Å². The number of hydrogen-bond acceptors (Lipinski definition) is 6. The summed E-state index contributed by atoms with van der Waals surface area (Å²) in [7, 11) is 3.34. The molecule has 0 unspecified atom stereocenters. The van der Waals surface area contributed by atoms with Gasteiger partial charge in [-0.05, 0) is 78.4 Å². The average Bonchev–Trinajstić information content (AvgIpc) is 3.26. The number of hydrogen-bond donors (Lipinski definition) is 1. The predicted octanol–water partition coefficient (Wildman–Crippen LogP) is 4.20. The predicted molar refractivity (Wildman–Crippen MR) is 112 cm³/mol. The largest absolute Gasteiger partial charge is 0.497 e. The molecule has 1 heterocycles. The van der Waals surface area contributed by atoms with Crippen LogP contribution in [0.25, 0.3) is 5.69 Å². The Balaban J connectivity index is 1.76. The van der Waals surface area contributed by atoms with Crippen molar-refractivity contribution in [3.05, 3.63) is 54.4 Å². The molecule has 0 radical (unpaired) electrons. The van der Waals surface area contributed by atoms with Crippen LogP contribution in [-0.2, 0) is 5.54 Å². The Labute approximate surface area is 171 Å². The lowest BCUT2D eigenvalue weighted by Crippen LogP contribution is -2.41. The molecule has 0 aliphatic heterocycles. The number of methoxy groups -OCH3 is 2. The molecular formula is C22H27N5O2. The summed E-state index contributed by atoms with van der Waals surface area (Å²) in [5.74, 6) is 3.08. The van der Waals surface area contributed by atoms with Gasteiger partial charge < -0.3 is 14.8 Å². The number of tetrazole rings is 1. The van der Waals surface area contributed by atoms with Gasteiger partial charge in [0.1, 0.15) is 17.2 Å². The van der Waals surface area contributed by atoms with Gasteiger partial charge >= 0.3 is 0 Å². The number of benzene rings is 2. The second-order valence-corrected chi connectivity index (χ2v) is 7.70. The van der Waals surface area contributed by atoms with Gasteiger partial charge in [0.25, 0.3) is 0 Å². The maximum absolute atomic E-state index is 5.55. The van der Waals surface area contributed by atoms with E-state index in [-0.39, 0.29) is 5.54 Å². The molecule has 7 nitrogen and oxygen atoms in total. The molecule has 3 aromatic rings. The minimum atomic E-state index is -0.356. The van der Waals surface area contributed by atoms with Crippen molar-refractivity contribution < 1.29 is 9.47 Å². The summed E-state index contributed by atoms with van der Waals surface area (Å²) in [5, 5.41) is 16.6. The Morgan fingerprint density at radius 2 is 1.72 bits per heavy atom. The van der Waals surface area contributed by atoms with E-state index >= 15 is 0 Å². The molecule has 0 saturated heterocycles. The molecule has 29 heavy (non-hydrogen) atoms. The van der Waals surface area contributed by atoms with Crippen LogP contribution in [0.3, 0.4) is 0 Å². The summed E-state index contributed by atoms with van der Waals surface area (Å²) < 4.78 is 12.7. The van der Waals surface area contributed by atoms with Crippen LogP contribution in [0.15, 0.2) is 48.5 Å². The highest BCUT2D eigenvalue weighted by Gasteiger charge is 2.41. The third-order valence-corrected chi connectivity index (χ3v) is 5.81. The van der Waals surface area contributed by atoms with Crippen molar-refractivity contribution in [3.63, 3.8) is 0 Å². The number of nitrogens with one attached hydrogen (secondary N) is 1.